The molecule has 0 aliphatic heterocycles. The Hall–Kier alpha value is -1.80. The third kappa shape index (κ3) is 1.47. The largest absolute Gasteiger partial charge is 0.442 e. The molecular formula is C5H5F3N4O2. The fraction of sp³-hybridized carbons (Fsp3) is 0.400. The van der Waals surface area contributed by atoms with Crippen LogP contribution in [0.4, 0.5) is 24.7 Å². The quantitative estimate of drug-likeness (QED) is 0.551. The maximum absolute atomic E-state index is 12.2. The molecule has 0 spiro atoms. The van der Waals surface area contributed by atoms with E-state index in [1.807, 2.05) is 0 Å². The lowest BCUT2D eigenvalue weighted by atomic mass is 10.3. The van der Waals surface area contributed by atoms with Gasteiger partial charge in [-0.3, -0.25) is 10.1 Å². The molecule has 0 fully saturated rings. The highest BCUT2D eigenvalue weighted by Crippen LogP contribution is 2.37. The molecule has 0 saturated carbocycles. The van der Waals surface area contributed by atoms with Crippen molar-refractivity contribution < 1.29 is 18.1 Å². The summed E-state index contributed by atoms with van der Waals surface area (Å²) in [6, 6.07) is 0. The van der Waals surface area contributed by atoms with Crippen molar-refractivity contribution in [2.75, 3.05) is 5.73 Å². The summed E-state index contributed by atoms with van der Waals surface area (Å²) in [6.45, 7) is 0. The summed E-state index contributed by atoms with van der Waals surface area (Å²) >= 11 is 0. The number of hydrogen-bond acceptors (Lipinski definition) is 4. The molecule has 1 heterocycles. The zero-order valence-corrected chi connectivity index (χ0v) is 6.87. The molecule has 1 aromatic heterocycles. The minimum atomic E-state index is -4.88. The molecule has 0 amide bonds. The summed E-state index contributed by atoms with van der Waals surface area (Å²) in [5, 5.41) is 13.2. The van der Waals surface area contributed by atoms with Gasteiger partial charge in [0.15, 0.2) is 0 Å². The molecule has 0 radical (unpaired) electrons. The van der Waals surface area contributed by atoms with E-state index in [0.29, 0.717) is 4.68 Å². The van der Waals surface area contributed by atoms with Gasteiger partial charge < -0.3 is 5.73 Å². The number of alkyl halides is 3. The number of aryl methyl sites for hydroxylation is 1. The molecule has 0 aliphatic carbocycles. The maximum atomic E-state index is 12.2. The zero-order valence-electron chi connectivity index (χ0n) is 6.87. The van der Waals surface area contributed by atoms with E-state index in [2.05, 4.69) is 5.10 Å². The van der Waals surface area contributed by atoms with Gasteiger partial charge in [0.05, 0.1) is 4.92 Å². The van der Waals surface area contributed by atoms with Crippen molar-refractivity contribution in [3.8, 4) is 0 Å². The second kappa shape index (κ2) is 2.86. The van der Waals surface area contributed by atoms with E-state index in [9.17, 15) is 23.3 Å². The van der Waals surface area contributed by atoms with Crippen molar-refractivity contribution in [3.63, 3.8) is 0 Å². The van der Waals surface area contributed by atoms with Crippen LogP contribution in [0.1, 0.15) is 5.69 Å². The lowest BCUT2D eigenvalue weighted by molar-refractivity contribution is -0.387. The second-order valence-corrected chi connectivity index (χ2v) is 2.46. The predicted octanol–water partition coefficient (Wildman–Crippen LogP) is 0.929. The van der Waals surface area contributed by atoms with E-state index in [1.165, 1.54) is 0 Å². The number of nitro groups is 1. The van der Waals surface area contributed by atoms with E-state index in [4.69, 9.17) is 5.73 Å². The van der Waals surface area contributed by atoms with Crippen molar-refractivity contribution in [1.29, 1.82) is 0 Å². The van der Waals surface area contributed by atoms with Crippen molar-refractivity contribution in [2.45, 2.75) is 6.18 Å². The first kappa shape index (κ1) is 10.3. The Labute approximate surface area is 75.3 Å². The van der Waals surface area contributed by atoms with Gasteiger partial charge in [-0.05, 0) is 0 Å². The summed E-state index contributed by atoms with van der Waals surface area (Å²) < 4.78 is 37.1. The van der Waals surface area contributed by atoms with Crippen molar-refractivity contribution >= 4 is 11.5 Å². The van der Waals surface area contributed by atoms with Crippen LogP contribution in [0.15, 0.2) is 0 Å². The monoisotopic (exact) mass is 210 g/mol. The Morgan fingerprint density at radius 2 is 2.07 bits per heavy atom. The average molecular weight is 210 g/mol. The first-order valence-electron chi connectivity index (χ1n) is 3.29. The SMILES string of the molecule is Cn1nc(C(F)(F)F)c([N+](=O)[O-])c1N. The average Bonchev–Trinajstić information content (AvgIpc) is 2.27. The van der Waals surface area contributed by atoms with Gasteiger partial charge in [-0.15, -0.1) is 0 Å². The number of aromatic nitrogens is 2. The molecule has 1 rings (SSSR count). The van der Waals surface area contributed by atoms with Gasteiger partial charge in [-0.1, -0.05) is 0 Å². The van der Waals surface area contributed by atoms with Crippen LogP contribution in [0.3, 0.4) is 0 Å². The van der Waals surface area contributed by atoms with Crippen LogP contribution in [-0.2, 0) is 13.2 Å². The third-order valence-corrected chi connectivity index (χ3v) is 1.52. The maximum Gasteiger partial charge on any atom is 0.442 e. The zero-order chi connectivity index (χ0) is 11.1. The van der Waals surface area contributed by atoms with Gasteiger partial charge in [-0.2, -0.15) is 18.3 Å². The van der Waals surface area contributed by atoms with Crippen LogP contribution < -0.4 is 5.73 Å². The first-order chi connectivity index (χ1) is 6.25. The molecule has 0 aromatic carbocycles. The van der Waals surface area contributed by atoms with Crippen LogP contribution >= 0.6 is 0 Å². The molecular weight excluding hydrogens is 205 g/mol. The van der Waals surface area contributed by atoms with Gasteiger partial charge in [0.25, 0.3) is 0 Å². The van der Waals surface area contributed by atoms with E-state index >= 15 is 0 Å². The molecule has 0 bridgehead atoms. The molecule has 2 N–H and O–H groups in total. The Bertz CT molecular complexity index is 383. The molecule has 14 heavy (non-hydrogen) atoms. The van der Waals surface area contributed by atoms with Crippen LogP contribution in [0.25, 0.3) is 0 Å². The summed E-state index contributed by atoms with van der Waals surface area (Å²) in [5.41, 5.74) is 2.27. The highest BCUT2D eigenvalue weighted by molar-refractivity contribution is 5.57. The van der Waals surface area contributed by atoms with E-state index < -0.39 is 28.3 Å². The fourth-order valence-electron chi connectivity index (χ4n) is 0.897. The van der Waals surface area contributed by atoms with Crippen molar-refractivity contribution in [2.24, 2.45) is 7.05 Å². The molecule has 0 aliphatic rings. The van der Waals surface area contributed by atoms with Crippen LogP contribution in [0.5, 0.6) is 0 Å². The lowest BCUT2D eigenvalue weighted by Gasteiger charge is -1.99. The number of nitrogens with two attached hydrogens (primary N) is 1. The molecule has 0 atom stereocenters. The Balaban J connectivity index is 3.45. The first-order valence-corrected chi connectivity index (χ1v) is 3.29. The minimum Gasteiger partial charge on any atom is -0.378 e. The summed E-state index contributed by atoms with van der Waals surface area (Å²) in [6.07, 6.45) is -4.88. The highest BCUT2D eigenvalue weighted by atomic mass is 19.4. The number of nitrogen functional groups attached to an aromatic ring is 1. The number of hydrogen-bond donors (Lipinski definition) is 1. The smallest absolute Gasteiger partial charge is 0.378 e. The van der Waals surface area contributed by atoms with E-state index in [1.54, 1.807) is 0 Å². The fourth-order valence-corrected chi connectivity index (χ4v) is 0.897. The van der Waals surface area contributed by atoms with Crippen LogP contribution in [0, 0.1) is 10.1 Å². The van der Waals surface area contributed by atoms with Crippen molar-refractivity contribution in [1.82, 2.24) is 9.78 Å². The summed E-state index contributed by atoms with van der Waals surface area (Å²) in [5.74, 6) is -0.623. The Morgan fingerprint density at radius 1 is 1.57 bits per heavy atom. The highest BCUT2D eigenvalue weighted by Gasteiger charge is 2.44. The van der Waals surface area contributed by atoms with Gasteiger partial charge in [0, 0.05) is 7.05 Å². The lowest BCUT2D eigenvalue weighted by Crippen LogP contribution is -2.09. The van der Waals surface area contributed by atoms with Crippen LogP contribution in [0.2, 0.25) is 0 Å². The molecule has 9 heteroatoms. The number of halogens is 3. The molecule has 0 saturated heterocycles. The number of nitrogens with zero attached hydrogens (tertiary/aromatic N) is 3. The molecule has 1 aromatic rings. The predicted molar refractivity (Wildman–Crippen MR) is 39.3 cm³/mol. The summed E-state index contributed by atoms with van der Waals surface area (Å²) in [4.78, 5) is 9.07. The van der Waals surface area contributed by atoms with Crippen LogP contribution in [-0.4, -0.2) is 14.7 Å². The standard InChI is InChI=1S/C5H5F3N4O2/c1-11-4(9)2(12(13)14)3(10-11)5(6,7)8/h9H2,1H3. The van der Waals surface area contributed by atoms with Gasteiger partial charge in [0.1, 0.15) is 0 Å². The third-order valence-electron chi connectivity index (χ3n) is 1.52. The molecule has 0 unspecified atom stereocenters. The molecule has 6 nitrogen and oxygen atoms in total. The molecule has 78 valence electrons. The van der Waals surface area contributed by atoms with Gasteiger partial charge >= 0.3 is 11.9 Å². The number of rotatable bonds is 1. The topological polar surface area (TPSA) is 87.0 Å². The van der Waals surface area contributed by atoms with E-state index in [-0.39, 0.29) is 0 Å². The van der Waals surface area contributed by atoms with Crippen molar-refractivity contribution in [3.05, 3.63) is 15.8 Å². The van der Waals surface area contributed by atoms with Gasteiger partial charge in [0.2, 0.25) is 11.5 Å². The Morgan fingerprint density at radius 3 is 2.36 bits per heavy atom. The minimum absolute atomic E-state index is 0.612. The van der Waals surface area contributed by atoms with E-state index in [0.717, 1.165) is 7.05 Å². The second-order valence-electron chi connectivity index (χ2n) is 2.46. The normalized spacial score (nSPS) is 11.7. The summed E-state index contributed by atoms with van der Waals surface area (Å²) in [7, 11) is 1.09. The van der Waals surface area contributed by atoms with Gasteiger partial charge in [-0.25, -0.2) is 4.68 Å². The Kier molecular flexibility index (Phi) is 2.10. The number of anilines is 1.